The molecule has 0 radical (unpaired) electrons. The van der Waals surface area contributed by atoms with Crippen LogP contribution in [0.2, 0.25) is 0 Å². The van der Waals surface area contributed by atoms with Crippen molar-refractivity contribution in [1.82, 2.24) is 9.80 Å². The molecule has 1 saturated heterocycles. The van der Waals surface area contributed by atoms with Crippen molar-refractivity contribution in [3.8, 4) is 0 Å². The first-order chi connectivity index (χ1) is 8.70. The molecule has 0 unspecified atom stereocenters. The summed E-state index contributed by atoms with van der Waals surface area (Å²) in [6.07, 6.45) is 0. The van der Waals surface area contributed by atoms with Gasteiger partial charge in [-0.15, -0.1) is 0 Å². The summed E-state index contributed by atoms with van der Waals surface area (Å²) in [6, 6.07) is 0. The van der Waals surface area contributed by atoms with Gasteiger partial charge in [-0.3, -0.25) is 9.59 Å². The van der Waals surface area contributed by atoms with Gasteiger partial charge in [0, 0.05) is 32.1 Å². The minimum Gasteiger partial charge on any atom is -0.366 e. The molecule has 5 nitrogen and oxygen atoms in total. The first-order valence-electron chi connectivity index (χ1n) is 6.91. The SMILES string of the molecule is CC(C)C(=O)N1CCN(C(=O)COC(C)(C)C)CC1. The highest BCUT2D eigenvalue weighted by Gasteiger charge is 2.26. The molecule has 110 valence electrons. The lowest BCUT2D eigenvalue weighted by molar-refractivity contribution is -0.146. The number of amides is 2. The second kappa shape index (κ2) is 6.37. The van der Waals surface area contributed by atoms with Gasteiger partial charge in [-0.1, -0.05) is 13.8 Å². The first kappa shape index (κ1) is 16.0. The summed E-state index contributed by atoms with van der Waals surface area (Å²) in [5.74, 6) is 0.191. The van der Waals surface area contributed by atoms with Gasteiger partial charge in [-0.2, -0.15) is 0 Å². The van der Waals surface area contributed by atoms with Crippen molar-refractivity contribution in [3.05, 3.63) is 0 Å². The van der Waals surface area contributed by atoms with Gasteiger partial charge in [0.2, 0.25) is 11.8 Å². The molecule has 0 aromatic rings. The zero-order valence-electron chi connectivity index (χ0n) is 12.7. The van der Waals surface area contributed by atoms with Crippen LogP contribution in [0.3, 0.4) is 0 Å². The Morgan fingerprint density at radius 2 is 1.53 bits per heavy atom. The minimum absolute atomic E-state index is 0.00608. The molecule has 0 aromatic carbocycles. The van der Waals surface area contributed by atoms with Crippen molar-refractivity contribution >= 4 is 11.8 Å². The number of nitrogens with zero attached hydrogens (tertiary/aromatic N) is 2. The molecule has 5 heteroatoms. The van der Waals surface area contributed by atoms with Crippen LogP contribution in [-0.4, -0.2) is 60.0 Å². The van der Waals surface area contributed by atoms with Crippen LogP contribution < -0.4 is 0 Å². The van der Waals surface area contributed by atoms with Crippen LogP contribution >= 0.6 is 0 Å². The highest BCUT2D eigenvalue weighted by molar-refractivity contribution is 5.80. The number of piperazine rings is 1. The van der Waals surface area contributed by atoms with Crippen molar-refractivity contribution in [3.63, 3.8) is 0 Å². The molecule has 1 heterocycles. The van der Waals surface area contributed by atoms with Crippen LogP contribution in [0.4, 0.5) is 0 Å². The Labute approximate surface area is 115 Å². The lowest BCUT2D eigenvalue weighted by Crippen LogP contribution is -2.52. The van der Waals surface area contributed by atoms with E-state index in [-0.39, 0.29) is 29.9 Å². The maximum atomic E-state index is 12.0. The molecular formula is C14H26N2O3. The molecule has 0 aromatic heterocycles. The summed E-state index contributed by atoms with van der Waals surface area (Å²) in [6.45, 7) is 12.2. The van der Waals surface area contributed by atoms with E-state index >= 15 is 0 Å². The van der Waals surface area contributed by atoms with Gasteiger partial charge in [-0.05, 0) is 20.8 Å². The van der Waals surface area contributed by atoms with Crippen molar-refractivity contribution in [1.29, 1.82) is 0 Å². The molecule has 0 saturated carbocycles. The van der Waals surface area contributed by atoms with E-state index in [9.17, 15) is 9.59 Å². The van der Waals surface area contributed by atoms with E-state index in [0.29, 0.717) is 26.2 Å². The zero-order chi connectivity index (χ0) is 14.6. The Morgan fingerprint density at radius 3 is 1.95 bits per heavy atom. The number of hydrogen-bond donors (Lipinski definition) is 0. The predicted molar refractivity (Wildman–Crippen MR) is 73.7 cm³/mol. The fraction of sp³-hybridized carbons (Fsp3) is 0.857. The monoisotopic (exact) mass is 270 g/mol. The van der Waals surface area contributed by atoms with E-state index in [1.54, 1.807) is 4.90 Å². The van der Waals surface area contributed by atoms with Crippen LogP contribution in [0, 0.1) is 5.92 Å². The summed E-state index contributed by atoms with van der Waals surface area (Å²) in [5, 5.41) is 0. The van der Waals surface area contributed by atoms with E-state index < -0.39 is 0 Å². The van der Waals surface area contributed by atoms with E-state index in [4.69, 9.17) is 4.74 Å². The normalized spacial score (nSPS) is 16.9. The first-order valence-corrected chi connectivity index (χ1v) is 6.91. The van der Waals surface area contributed by atoms with Crippen molar-refractivity contribution in [2.75, 3.05) is 32.8 Å². The smallest absolute Gasteiger partial charge is 0.248 e. The highest BCUT2D eigenvalue weighted by atomic mass is 16.5. The van der Waals surface area contributed by atoms with Gasteiger partial charge in [0.1, 0.15) is 6.61 Å². The number of hydrogen-bond acceptors (Lipinski definition) is 3. The molecule has 0 N–H and O–H groups in total. The van der Waals surface area contributed by atoms with Gasteiger partial charge >= 0.3 is 0 Å². The van der Waals surface area contributed by atoms with Gasteiger partial charge in [0.25, 0.3) is 0 Å². The third-order valence-electron chi connectivity index (χ3n) is 3.07. The van der Waals surface area contributed by atoms with Gasteiger partial charge in [-0.25, -0.2) is 0 Å². The quantitative estimate of drug-likeness (QED) is 0.772. The molecule has 1 rings (SSSR count). The zero-order valence-corrected chi connectivity index (χ0v) is 12.7. The molecule has 19 heavy (non-hydrogen) atoms. The molecule has 0 atom stereocenters. The summed E-state index contributed by atoms with van der Waals surface area (Å²) in [5.41, 5.74) is -0.301. The third-order valence-corrected chi connectivity index (χ3v) is 3.07. The van der Waals surface area contributed by atoms with Crippen LogP contribution in [-0.2, 0) is 14.3 Å². The molecule has 0 aliphatic carbocycles. The fourth-order valence-corrected chi connectivity index (χ4v) is 1.91. The topological polar surface area (TPSA) is 49.9 Å². The molecule has 1 fully saturated rings. The Balaban J connectivity index is 2.37. The molecular weight excluding hydrogens is 244 g/mol. The van der Waals surface area contributed by atoms with Crippen LogP contribution in [0.15, 0.2) is 0 Å². The van der Waals surface area contributed by atoms with Crippen molar-refractivity contribution in [2.24, 2.45) is 5.92 Å². The van der Waals surface area contributed by atoms with E-state index in [1.807, 2.05) is 39.5 Å². The molecule has 1 aliphatic rings. The standard InChI is InChI=1S/C14H26N2O3/c1-11(2)13(18)16-8-6-15(7-9-16)12(17)10-19-14(3,4)5/h11H,6-10H2,1-5H3. The number of rotatable bonds is 3. The van der Waals surface area contributed by atoms with Gasteiger partial charge in [0.15, 0.2) is 0 Å². The summed E-state index contributed by atoms with van der Waals surface area (Å²) >= 11 is 0. The lowest BCUT2D eigenvalue weighted by Gasteiger charge is -2.36. The molecule has 2 amide bonds. The summed E-state index contributed by atoms with van der Waals surface area (Å²) in [7, 11) is 0. The minimum atomic E-state index is -0.301. The largest absolute Gasteiger partial charge is 0.366 e. The molecule has 0 bridgehead atoms. The van der Waals surface area contributed by atoms with Crippen molar-refractivity contribution < 1.29 is 14.3 Å². The van der Waals surface area contributed by atoms with Gasteiger partial charge in [0.05, 0.1) is 5.60 Å². The Bertz CT molecular complexity index is 326. The number of carbonyl (C=O) groups is 2. The molecule has 1 aliphatic heterocycles. The average molecular weight is 270 g/mol. The summed E-state index contributed by atoms with van der Waals surface area (Å²) in [4.78, 5) is 27.4. The fourth-order valence-electron chi connectivity index (χ4n) is 1.91. The van der Waals surface area contributed by atoms with Crippen molar-refractivity contribution in [2.45, 2.75) is 40.2 Å². The molecule has 0 spiro atoms. The van der Waals surface area contributed by atoms with E-state index in [2.05, 4.69) is 0 Å². The number of ether oxygens (including phenoxy) is 1. The Hall–Kier alpha value is -1.10. The maximum Gasteiger partial charge on any atom is 0.248 e. The maximum absolute atomic E-state index is 12.0. The number of carbonyl (C=O) groups excluding carboxylic acids is 2. The van der Waals surface area contributed by atoms with Gasteiger partial charge < -0.3 is 14.5 Å². The van der Waals surface area contributed by atoms with E-state index in [1.165, 1.54) is 0 Å². The second-order valence-corrected chi connectivity index (χ2v) is 6.26. The average Bonchev–Trinajstić information content (AvgIpc) is 2.34. The second-order valence-electron chi connectivity index (χ2n) is 6.26. The Morgan fingerprint density at radius 1 is 1.05 bits per heavy atom. The van der Waals surface area contributed by atoms with Crippen LogP contribution in [0.25, 0.3) is 0 Å². The lowest BCUT2D eigenvalue weighted by atomic mass is 10.1. The van der Waals surface area contributed by atoms with Crippen LogP contribution in [0.5, 0.6) is 0 Å². The highest BCUT2D eigenvalue weighted by Crippen LogP contribution is 2.10. The Kier molecular flexibility index (Phi) is 5.35. The van der Waals surface area contributed by atoms with E-state index in [0.717, 1.165) is 0 Å². The predicted octanol–water partition coefficient (Wildman–Crippen LogP) is 1.13. The third kappa shape index (κ3) is 5.19. The van der Waals surface area contributed by atoms with Crippen LogP contribution in [0.1, 0.15) is 34.6 Å². The summed E-state index contributed by atoms with van der Waals surface area (Å²) < 4.78 is 5.49.